The lowest BCUT2D eigenvalue weighted by molar-refractivity contribution is 0.670. The van der Waals surface area contributed by atoms with Crippen molar-refractivity contribution in [1.29, 1.82) is 0 Å². The molecule has 49 heavy (non-hydrogen) atoms. The minimum absolute atomic E-state index is 0.0754. The highest BCUT2D eigenvalue weighted by Gasteiger charge is 2.19. The van der Waals surface area contributed by atoms with Crippen LogP contribution in [0, 0.1) is 0 Å². The van der Waals surface area contributed by atoms with E-state index in [1.807, 2.05) is 72.8 Å². The molecular weight excluding hydrogens is 599 g/mol. The summed E-state index contributed by atoms with van der Waals surface area (Å²) in [5, 5.41) is -0.246. The first kappa shape index (κ1) is 19.2. The summed E-state index contributed by atoms with van der Waals surface area (Å²) in [4.78, 5) is 14.4. The summed E-state index contributed by atoms with van der Waals surface area (Å²) in [5.41, 5.74) is 3.82. The van der Waals surface area contributed by atoms with E-state index in [2.05, 4.69) is 24.3 Å². The normalized spacial score (nSPS) is 14.4. The molecule has 7 aromatic carbocycles. The lowest BCUT2D eigenvalue weighted by atomic mass is 9.99. The predicted octanol–water partition coefficient (Wildman–Crippen LogP) is 11.8. The second-order valence-electron chi connectivity index (χ2n) is 11.2. The van der Waals surface area contributed by atoms with Crippen LogP contribution in [0.1, 0.15) is 15.1 Å². The first-order chi connectivity index (χ1) is 28.8. The Labute approximate surface area is 299 Å². The van der Waals surface area contributed by atoms with Crippen molar-refractivity contribution in [2.75, 3.05) is 0 Å². The zero-order valence-corrected chi connectivity index (χ0v) is 25.6. The Morgan fingerprint density at radius 3 is 1.51 bits per heavy atom. The van der Waals surface area contributed by atoms with Crippen molar-refractivity contribution in [3.63, 3.8) is 0 Å². The van der Waals surface area contributed by atoms with Gasteiger partial charge in [-0.15, -0.1) is 0 Å². The van der Waals surface area contributed by atoms with Crippen LogP contribution < -0.4 is 0 Å². The van der Waals surface area contributed by atoms with E-state index >= 15 is 0 Å². The van der Waals surface area contributed by atoms with E-state index in [-0.39, 0.29) is 50.5 Å². The summed E-state index contributed by atoms with van der Waals surface area (Å²) in [7, 11) is 0. The smallest absolute Gasteiger partial charge is 0.164 e. The van der Waals surface area contributed by atoms with E-state index < -0.39 is 72.0 Å². The fourth-order valence-electron chi connectivity index (χ4n) is 5.83. The molecule has 0 N–H and O–H groups in total. The first-order valence-electron chi connectivity index (χ1n) is 21.0. The highest BCUT2D eigenvalue weighted by molar-refractivity contribution is 6.15. The van der Waals surface area contributed by atoms with Gasteiger partial charge in [0, 0.05) is 33.0 Å². The van der Waals surface area contributed by atoms with Crippen LogP contribution in [0.25, 0.3) is 89.5 Å². The van der Waals surface area contributed by atoms with Crippen molar-refractivity contribution in [1.82, 2.24) is 15.0 Å². The maximum atomic E-state index is 9.22. The van der Waals surface area contributed by atoms with Crippen LogP contribution in [0.5, 0.6) is 0 Å². The maximum absolute atomic E-state index is 9.22. The van der Waals surface area contributed by atoms with Crippen LogP contribution in [-0.2, 0) is 0 Å². The van der Waals surface area contributed by atoms with Gasteiger partial charge in [-0.1, -0.05) is 170 Å². The second-order valence-corrected chi connectivity index (χ2v) is 11.2. The largest absolute Gasteiger partial charge is 0.455 e. The summed E-state index contributed by atoms with van der Waals surface area (Å²) in [6.45, 7) is 0. The van der Waals surface area contributed by atoms with Crippen LogP contribution in [0.15, 0.2) is 180 Å². The summed E-state index contributed by atoms with van der Waals surface area (Å²) in [5.74, 6) is 0.335. The quantitative estimate of drug-likeness (QED) is 0.182. The standard InChI is InChI=1S/C45H29N3O/c1-4-12-30(13-5-1)31-22-24-32(25-23-31)33-26-28-36(29-27-33)44-46-43(35-16-8-3-9-17-35)47-45(48-44)39-20-11-21-40-41(39)38-19-10-18-37(42(38)49-40)34-14-6-2-7-15-34/h1-29H/i2D,6D,7D,10D,11D,14D,15D,18D,19D,20D,21D. The molecule has 0 unspecified atom stereocenters. The third-order valence-electron chi connectivity index (χ3n) is 8.23. The molecule has 0 saturated carbocycles. The Hall–Kier alpha value is -6.65. The van der Waals surface area contributed by atoms with E-state index in [9.17, 15) is 1.37 Å². The number of hydrogen-bond acceptors (Lipinski definition) is 4. The molecular formula is C45H29N3O. The summed E-state index contributed by atoms with van der Waals surface area (Å²) in [6, 6.07) is 28.2. The van der Waals surface area contributed by atoms with Crippen LogP contribution >= 0.6 is 0 Å². The molecule has 9 rings (SSSR count). The molecule has 0 fully saturated rings. The van der Waals surface area contributed by atoms with Gasteiger partial charge in [0.15, 0.2) is 17.5 Å². The molecule has 0 aliphatic heterocycles. The lowest BCUT2D eigenvalue weighted by Gasteiger charge is -2.10. The second kappa shape index (κ2) is 12.2. The van der Waals surface area contributed by atoms with Crippen LogP contribution in [-0.4, -0.2) is 15.0 Å². The van der Waals surface area contributed by atoms with E-state index in [1.165, 1.54) is 0 Å². The average molecular weight is 639 g/mol. The predicted molar refractivity (Wildman–Crippen MR) is 200 cm³/mol. The fraction of sp³-hybridized carbons (Fsp3) is 0. The van der Waals surface area contributed by atoms with Crippen molar-refractivity contribution in [2.45, 2.75) is 0 Å². The highest BCUT2D eigenvalue weighted by atomic mass is 16.3. The molecule has 0 radical (unpaired) electrons. The molecule has 0 spiro atoms. The Balaban J connectivity index is 1.27. The number of benzene rings is 7. The van der Waals surface area contributed by atoms with Crippen molar-refractivity contribution in [3.8, 4) is 67.5 Å². The Kier molecular flexibility index (Phi) is 4.78. The number of fused-ring (bicyclic) bond motifs is 3. The van der Waals surface area contributed by atoms with Gasteiger partial charge in [-0.3, -0.25) is 0 Å². The molecule has 230 valence electrons. The topological polar surface area (TPSA) is 51.8 Å². The van der Waals surface area contributed by atoms with Gasteiger partial charge in [-0.2, -0.15) is 0 Å². The molecule has 0 amide bonds. The minimum atomic E-state index is -0.681. The molecule has 4 heteroatoms. The van der Waals surface area contributed by atoms with Gasteiger partial charge in [0.05, 0.1) is 15.1 Å². The molecule has 0 atom stereocenters. The monoisotopic (exact) mass is 638 g/mol. The molecule has 0 aliphatic carbocycles. The Morgan fingerprint density at radius 1 is 0.388 bits per heavy atom. The van der Waals surface area contributed by atoms with E-state index in [1.54, 1.807) is 12.1 Å². The fourth-order valence-corrected chi connectivity index (χ4v) is 5.83. The van der Waals surface area contributed by atoms with Gasteiger partial charge < -0.3 is 4.42 Å². The molecule has 0 saturated heterocycles. The molecule has 4 nitrogen and oxygen atoms in total. The van der Waals surface area contributed by atoms with Crippen molar-refractivity contribution in [2.24, 2.45) is 0 Å². The number of rotatable bonds is 6. The van der Waals surface area contributed by atoms with Gasteiger partial charge in [-0.25, -0.2) is 15.0 Å². The third-order valence-corrected chi connectivity index (χ3v) is 8.23. The molecule has 2 aromatic heterocycles. The number of nitrogens with zero attached hydrogens (tertiary/aromatic N) is 3. The SMILES string of the molecule is [2H]c1c([2H])c([2H])c(-c2c([2H])c([2H])c([2H])c3c2oc2c([2H])c([2H])c([2H])c(-c4nc(-c5ccccc5)nc(-c5ccc(-c6ccc(-c7ccccc7)cc6)cc5)n4)c23)c([2H])c1[2H]. The zero-order valence-electron chi connectivity index (χ0n) is 36.6. The van der Waals surface area contributed by atoms with E-state index in [0.29, 0.717) is 11.1 Å². The molecule has 0 aliphatic rings. The minimum Gasteiger partial charge on any atom is -0.455 e. The van der Waals surface area contributed by atoms with Crippen LogP contribution in [0.4, 0.5) is 0 Å². The van der Waals surface area contributed by atoms with Crippen molar-refractivity contribution >= 4 is 21.9 Å². The van der Waals surface area contributed by atoms with E-state index in [4.69, 9.17) is 33.1 Å². The summed E-state index contributed by atoms with van der Waals surface area (Å²) >= 11 is 0. The highest BCUT2D eigenvalue weighted by Crippen LogP contribution is 2.40. The number of para-hydroxylation sites is 1. The molecule has 9 aromatic rings. The van der Waals surface area contributed by atoms with Gasteiger partial charge in [0.1, 0.15) is 11.2 Å². The van der Waals surface area contributed by atoms with Crippen LogP contribution in [0.3, 0.4) is 0 Å². The average Bonchev–Trinajstić information content (AvgIpc) is 3.68. The molecule has 0 bridgehead atoms. The lowest BCUT2D eigenvalue weighted by Crippen LogP contribution is -2.00. The Bertz CT molecular complexity index is 3170. The van der Waals surface area contributed by atoms with Gasteiger partial charge >= 0.3 is 0 Å². The molecule has 2 heterocycles. The number of hydrogen-bond donors (Lipinski definition) is 0. The third kappa shape index (κ3) is 5.35. The van der Waals surface area contributed by atoms with Crippen LogP contribution in [0.2, 0.25) is 0 Å². The number of aromatic nitrogens is 3. The first-order valence-corrected chi connectivity index (χ1v) is 15.5. The van der Waals surface area contributed by atoms with Gasteiger partial charge in [0.2, 0.25) is 0 Å². The zero-order chi connectivity index (χ0) is 42.1. The maximum Gasteiger partial charge on any atom is 0.164 e. The van der Waals surface area contributed by atoms with E-state index in [0.717, 1.165) is 22.3 Å². The van der Waals surface area contributed by atoms with Crippen molar-refractivity contribution < 1.29 is 19.5 Å². The summed E-state index contributed by atoms with van der Waals surface area (Å²) < 4.78 is 102. The number of furan rings is 1. The summed E-state index contributed by atoms with van der Waals surface area (Å²) in [6.07, 6.45) is 0. The Morgan fingerprint density at radius 2 is 0.878 bits per heavy atom. The van der Waals surface area contributed by atoms with Gasteiger partial charge in [-0.05, 0) is 33.9 Å². The van der Waals surface area contributed by atoms with Gasteiger partial charge in [0.25, 0.3) is 0 Å². The van der Waals surface area contributed by atoms with Crippen molar-refractivity contribution in [3.05, 3.63) is 176 Å².